The largest absolute Gasteiger partial charge is 0.359 e. The van der Waals surface area contributed by atoms with Gasteiger partial charge in [-0.1, -0.05) is 11.6 Å². The molecule has 0 unspecified atom stereocenters. The summed E-state index contributed by atoms with van der Waals surface area (Å²) in [4.78, 5) is 2.49. The van der Waals surface area contributed by atoms with Crippen LogP contribution in [-0.2, 0) is 0 Å². The van der Waals surface area contributed by atoms with Gasteiger partial charge < -0.3 is 10.2 Å². The molecule has 0 radical (unpaired) electrons. The van der Waals surface area contributed by atoms with E-state index in [9.17, 15) is 0 Å². The Morgan fingerprint density at radius 1 is 1.00 bits per heavy atom. The standard InChI is InChI=1S/C14H21ClN2/c1-13(2)9-16-10-14(3,4)17(13)12-7-5-11(15)6-8-12/h5-8,16H,9-10H2,1-4H3. The van der Waals surface area contributed by atoms with Gasteiger partial charge in [0.05, 0.1) is 0 Å². The van der Waals surface area contributed by atoms with Gasteiger partial charge in [-0.05, 0) is 52.0 Å². The van der Waals surface area contributed by atoms with Crippen LogP contribution in [0.15, 0.2) is 24.3 Å². The highest BCUT2D eigenvalue weighted by Gasteiger charge is 2.41. The van der Waals surface area contributed by atoms with Crippen molar-refractivity contribution in [1.29, 1.82) is 0 Å². The number of nitrogens with one attached hydrogen (secondary N) is 1. The molecular weight excluding hydrogens is 232 g/mol. The van der Waals surface area contributed by atoms with Gasteiger partial charge in [0.25, 0.3) is 0 Å². The van der Waals surface area contributed by atoms with E-state index in [-0.39, 0.29) is 11.1 Å². The zero-order chi connectivity index (χ0) is 12.7. The van der Waals surface area contributed by atoms with Gasteiger partial charge in [-0.2, -0.15) is 0 Å². The van der Waals surface area contributed by atoms with E-state index in [0.717, 1.165) is 18.1 Å². The third-order valence-electron chi connectivity index (χ3n) is 3.41. The van der Waals surface area contributed by atoms with E-state index in [1.165, 1.54) is 5.69 Å². The summed E-state index contributed by atoms with van der Waals surface area (Å²) >= 11 is 5.96. The van der Waals surface area contributed by atoms with Crippen molar-refractivity contribution in [3.05, 3.63) is 29.3 Å². The van der Waals surface area contributed by atoms with Crippen LogP contribution in [0.1, 0.15) is 27.7 Å². The van der Waals surface area contributed by atoms with Gasteiger partial charge in [0.2, 0.25) is 0 Å². The molecule has 0 aromatic heterocycles. The summed E-state index contributed by atoms with van der Waals surface area (Å²) in [6, 6.07) is 8.14. The number of halogens is 1. The fourth-order valence-electron chi connectivity index (χ4n) is 2.94. The lowest BCUT2D eigenvalue weighted by molar-refractivity contribution is 0.263. The SMILES string of the molecule is CC1(C)CNCC(C)(C)N1c1ccc(Cl)cc1. The summed E-state index contributed by atoms with van der Waals surface area (Å²) in [6.45, 7) is 11.1. The van der Waals surface area contributed by atoms with Crippen molar-refractivity contribution in [3.63, 3.8) is 0 Å². The number of piperazine rings is 1. The van der Waals surface area contributed by atoms with Gasteiger partial charge in [0.1, 0.15) is 0 Å². The Morgan fingerprint density at radius 2 is 1.47 bits per heavy atom. The summed E-state index contributed by atoms with van der Waals surface area (Å²) < 4.78 is 0. The first-order chi connectivity index (χ1) is 7.83. The first kappa shape index (κ1) is 12.7. The van der Waals surface area contributed by atoms with E-state index < -0.39 is 0 Å². The Morgan fingerprint density at radius 3 is 1.94 bits per heavy atom. The average molecular weight is 253 g/mol. The van der Waals surface area contributed by atoms with Crippen LogP contribution >= 0.6 is 11.6 Å². The zero-order valence-electron chi connectivity index (χ0n) is 11.0. The van der Waals surface area contributed by atoms with Crippen molar-refractivity contribution in [1.82, 2.24) is 5.32 Å². The average Bonchev–Trinajstić information content (AvgIpc) is 2.18. The molecule has 1 heterocycles. The van der Waals surface area contributed by atoms with E-state index in [4.69, 9.17) is 11.6 Å². The molecule has 1 aromatic rings. The summed E-state index contributed by atoms with van der Waals surface area (Å²) in [5.74, 6) is 0. The summed E-state index contributed by atoms with van der Waals surface area (Å²) in [5, 5.41) is 4.30. The highest BCUT2D eigenvalue weighted by Crippen LogP contribution is 2.34. The molecule has 94 valence electrons. The van der Waals surface area contributed by atoms with Crippen molar-refractivity contribution in [3.8, 4) is 0 Å². The highest BCUT2D eigenvalue weighted by molar-refractivity contribution is 6.30. The molecule has 3 heteroatoms. The molecule has 1 N–H and O–H groups in total. The summed E-state index contributed by atoms with van der Waals surface area (Å²) in [7, 11) is 0. The lowest BCUT2D eigenvalue weighted by Crippen LogP contribution is -2.68. The van der Waals surface area contributed by atoms with Crippen LogP contribution in [-0.4, -0.2) is 24.2 Å². The first-order valence-corrected chi connectivity index (χ1v) is 6.47. The third kappa shape index (κ3) is 2.43. The molecule has 17 heavy (non-hydrogen) atoms. The van der Waals surface area contributed by atoms with E-state index in [0.29, 0.717) is 0 Å². The molecule has 0 saturated carbocycles. The number of anilines is 1. The molecule has 0 amide bonds. The van der Waals surface area contributed by atoms with Crippen LogP contribution in [0.5, 0.6) is 0 Å². The van der Waals surface area contributed by atoms with Gasteiger partial charge in [-0.25, -0.2) is 0 Å². The molecule has 0 spiro atoms. The fourth-order valence-corrected chi connectivity index (χ4v) is 3.07. The zero-order valence-corrected chi connectivity index (χ0v) is 11.8. The maximum Gasteiger partial charge on any atom is 0.0476 e. The minimum atomic E-state index is 0.107. The Balaban J connectivity index is 2.41. The molecule has 0 aliphatic carbocycles. The monoisotopic (exact) mass is 252 g/mol. The predicted molar refractivity (Wildman–Crippen MR) is 75.0 cm³/mol. The second kappa shape index (κ2) is 4.18. The van der Waals surface area contributed by atoms with Gasteiger partial charge in [0.15, 0.2) is 0 Å². The first-order valence-electron chi connectivity index (χ1n) is 6.10. The molecule has 2 rings (SSSR count). The van der Waals surface area contributed by atoms with Crippen molar-refractivity contribution in [2.75, 3.05) is 18.0 Å². The summed E-state index contributed by atoms with van der Waals surface area (Å²) in [6.07, 6.45) is 0. The van der Waals surface area contributed by atoms with Crippen LogP contribution in [0.3, 0.4) is 0 Å². The second-order valence-electron chi connectivity index (χ2n) is 6.04. The normalized spacial score (nSPS) is 22.5. The van der Waals surface area contributed by atoms with E-state index >= 15 is 0 Å². The van der Waals surface area contributed by atoms with Crippen LogP contribution < -0.4 is 10.2 Å². The molecule has 0 atom stereocenters. The van der Waals surface area contributed by atoms with Crippen LogP contribution in [0, 0.1) is 0 Å². The molecule has 1 saturated heterocycles. The van der Waals surface area contributed by atoms with E-state index in [1.54, 1.807) is 0 Å². The molecular formula is C14H21ClN2. The van der Waals surface area contributed by atoms with Crippen molar-refractivity contribution in [2.24, 2.45) is 0 Å². The minimum absolute atomic E-state index is 0.107. The lowest BCUT2D eigenvalue weighted by atomic mass is 9.88. The molecule has 1 aliphatic rings. The van der Waals surface area contributed by atoms with Crippen LogP contribution in [0.2, 0.25) is 5.02 Å². The Kier molecular flexibility index (Phi) is 3.13. The molecule has 1 aromatic carbocycles. The molecule has 2 nitrogen and oxygen atoms in total. The van der Waals surface area contributed by atoms with Crippen molar-refractivity contribution in [2.45, 2.75) is 38.8 Å². The number of nitrogens with zero attached hydrogens (tertiary/aromatic N) is 1. The quantitative estimate of drug-likeness (QED) is 0.825. The third-order valence-corrected chi connectivity index (χ3v) is 3.66. The second-order valence-corrected chi connectivity index (χ2v) is 6.48. The molecule has 1 aliphatic heterocycles. The number of benzene rings is 1. The number of hydrogen-bond acceptors (Lipinski definition) is 2. The summed E-state index contributed by atoms with van der Waals surface area (Å²) in [5.41, 5.74) is 1.46. The minimum Gasteiger partial charge on any atom is -0.359 e. The van der Waals surface area contributed by atoms with E-state index in [1.807, 2.05) is 12.1 Å². The fraction of sp³-hybridized carbons (Fsp3) is 0.571. The van der Waals surface area contributed by atoms with Crippen LogP contribution in [0.4, 0.5) is 5.69 Å². The van der Waals surface area contributed by atoms with Crippen LogP contribution in [0.25, 0.3) is 0 Å². The van der Waals surface area contributed by atoms with Crippen molar-refractivity contribution >= 4 is 17.3 Å². The predicted octanol–water partition coefficient (Wildman–Crippen LogP) is 3.31. The topological polar surface area (TPSA) is 15.3 Å². The molecule has 1 fully saturated rings. The lowest BCUT2D eigenvalue weighted by Gasteiger charge is -2.54. The Bertz CT molecular complexity index is 379. The Hall–Kier alpha value is -0.730. The number of rotatable bonds is 1. The van der Waals surface area contributed by atoms with Gasteiger partial charge in [-0.15, -0.1) is 0 Å². The smallest absolute Gasteiger partial charge is 0.0476 e. The molecule has 0 bridgehead atoms. The maximum atomic E-state index is 5.96. The Labute approximate surface area is 109 Å². The number of hydrogen-bond donors (Lipinski definition) is 1. The van der Waals surface area contributed by atoms with Gasteiger partial charge in [-0.3, -0.25) is 0 Å². The highest BCUT2D eigenvalue weighted by atomic mass is 35.5. The van der Waals surface area contributed by atoms with Crippen molar-refractivity contribution < 1.29 is 0 Å². The van der Waals surface area contributed by atoms with Gasteiger partial charge >= 0.3 is 0 Å². The van der Waals surface area contributed by atoms with E-state index in [2.05, 4.69) is 50.0 Å². The van der Waals surface area contributed by atoms with Gasteiger partial charge in [0, 0.05) is 34.9 Å². The maximum absolute atomic E-state index is 5.96.